The lowest BCUT2D eigenvalue weighted by atomic mass is 9.92. The standard InChI is InChI=1S/C21H19N7O4/c1-30-13-7-4-11(5-8-13)17-16-18(20(29)24-23-17)22-21-25-26-27-28(21)19(16)12-6-9-14(31-2)15(10-12)32-3/h4-10,19H,1-3H3,(H,24,29)(H,22,25,27)/t19-/m1/s1. The third-order valence-electron chi connectivity index (χ3n) is 5.36. The Morgan fingerprint density at radius 1 is 0.969 bits per heavy atom. The van der Waals surface area contributed by atoms with Gasteiger partial charge < -0.3 is 19.5 Å². The molecule has 0 saturated carbocycles. The van der Waals surface area contributed by atoms with Crippen molar-refractivity contribution in [2.45, 2.75) is 6.04 Å². The van der Waals surface area contributed by atoms with Crippen LogP contribution >= 0.6 is 0 Å². The van der Waals surface area contributed by atoms with Crippen LogP contribution in [0.3, 0.4) is 0 Å². The molecule has 32 heavy (non-hydrogen) atoms. The Labute approximate surface area is 181 Å². The molecule has 1 aliphatic rings. The molecule has 1 atom stereocenters. The lowest BCUT2D eigenvalue weighted by molar-refractivity contribution is 0.354. The number of fused-ring (bicyclic) bond motifs is 2. The van der Waals surface area contributed by atoms with Crippen molar-refractivity contribution in [3.63, 3.8) is 0 Å². The van der Waals surface area contributed by atoms with Crippen molar-refractivity contribution in [3.05, 3.63) is 63.9 Å². The number of nitrogens with one attached hydrogen (secondary N) is 2. The summed E-state index contributed by atoms with van der Waals surface area (Å²) < 4.78 is 17.7. The van der Waals surface area contributed by atoms with Crippen LogP contribution in [0.25, 0.3) is 11.3 Å². The molecule has 0 aliphatic carbocycles. The quantitative estimate of drug-likeness (QED) is 0.428. The molecule has 4 aromatic rings. The molecule has 0 saturated heterocycles. The fraction of sp³-hybridized carbons (Fsp3) is 0.190. The highest BCUT2D eigenvalue weighted by atomic mass is 16.5. The van der Waals surface area contributed by atoms with Crippen molar-refractivity contribution >= 4 is 11.6 Å². The number of methoxy groups -OCH3 is 3. The highest BCUT2D eigenvalue weighted by molar-refractivity contribution is 5.75. The summed E-state index contributed by atoms with van der Waals surface area (Å²) in [6, 6.07) is 12.4. The number of ether oxygens (including phenoxy) is 3. The van der Waals surface area contributed by atoms with Crippen molar-refractivity contribution in [1.29, 1.82) is 0 Å². The van der Waals surface area contributed by atoms with Gasteiger partial charge in [0.2, 0.25) is 5.95 Å². The summed E-state index contributed by atoms with van der Waals surface area (Å²) in [7, 11) is 4.74. The van der Waals surface area contributed by atoms with Crippen molar-refractivity contribution in [3.8, 4) is 28.5 Å². The van der Waals surface area contributed by atoms with Gasteiger partial charge in [-0.1, -0.05) is 11.2 Å². The third kappa shape index (κ3) is 3.02. The second kappa shape index (κ2) is 7.69. The molecule has 5 rings (SSSR count). The highest BCUT2D eigenvalue weighted by Crippen LogP contribution is 2.43. The molecule has 2 aromatic carbocycles. The second-order valence-electron chi connectivity index (χ2n) is 7.01. The van der Waals surface area contributed by atoms with E-state index < -0.39 is 6.04 Å². The van der Waals surface area contributed by atoms with Gasteiger partial charge in [0.15, 0.2) is 11.5 Å². The topological polar surface area (TPSA) is 129 Å². The molecule has 0 amide bonds. The number of aromatic amines is 1. The van der Waals surface area contributed by atoms with Crippen LogP contribution in [0.4, 0.5) is 11.6 Å². The lowest BCUT2D eigenvalue weighted by Crippen LogP contribution is -2.29. The zero-order valence-electron chi connectivity index (χ0n) is 17.5. The normalized spacial score (nSPS) is 14.2. The van der Waals surface area contributed by atoms with Gasteiger partial charge in [-0.05, 0) is 52.4 Å². The van der Waals surface area contributed by atoms with Gasteiger partial charge >= 0.3 is 0 Å². The van der Waals surface area contributed by atoms with Crippen LogP contribution in [0, 0.1) is 0 Å². The molecule has 11 heteroatoms. The molecule has 0 spiro atoms. The van der Waals surface area contributed by atoms with Crippen molar-refractivity contribution in [2.24, 2.45) is 0 Å². The zero-order chi connectivity index (χ0) is 22.2. The van der Waals surface area contributed by atoms with Gasteiger partial charge in [0.25, 0.3) is 5.56 Å². The molecule has 2 N–H and O–H groups in total. The fourth-order valence-electron chi connectivity index (χ4n) is 3.84. The number of hydrogen-bond acceptors (Lipinski definition) is 9. The molecule has 0 bridgehead atoms. The Morgan fingerprint density at radius 3 is 2.47 bits per heavy atom. The van der Waals surface area contributed by atoms with Gasteiger partial charge in [-0.15, -0.1) is 0 Å². The first kappa shape index (κ1) is 19.5. The van der Waals surface area contributed by atoms with E-state index in [1.807, 2.05) is 36.4 Å². The summed E-state index contributed by atoms with van der Waals surface area (Å²) in [6.45, 7) is 0. The molecule has 2 aromatic heterocycles. The van der Waals surface area contributed by atoms with E-state index in [0.29, 0.717) is 40.1 Å². The van der Waals surface area contributed by atoms with E-state index in [1.165, 1.54) is 0 Å². The predicted octanol–water partition coefficient (Wildman–Crippen LogP) is 2.14. The van der Waals surface area contributed by atoms with Crippen LogP contribution in [0.1, 0.15) is 17.2 Å². The Kier molecular flexibility index (Phi) is 4.70. The largest absolute Gasteiger partial charge is 0.497 e. The molecule has 0 radical (unpaired) electrons. The second-order valence-corrected chi connectivity index (χ2v) is 7.01. The van der Waals surface area contributed by atoms with Crippen LogP contribution < -0.4 is 25.1 Å². The third-order valence-corrected chi connectivity index (χ3v) is 5.36. The van der Waals surface area contributed by atoms with E-state index in [9.17, 15) is 4.79 Å². The number of nitrogens with zero attached hydrogens (tertiary/aromatic N) is 5. The van der Waals surface area contributed by atoms with Gasteiger partial charge in [-0.25, -0.2) is 5.10 Å². The lowest BCUT2D eigenvalue weighted by Gasteiger charge is -2.28. The zero-order valence-corrected chi connectivity index (χ0v) is 17.5. The molecule has 0 fully saturated rings. The van der Waals surface area contributed by atoms with E-state index >= 15 is 0 Å². The Bertz CT molecular complexity index is 1350. The van der Waals surface area contributed by atoms with E-state index in [0.717, 1.165) is 11.1 Å². The first-order chi connectivity index (χ1) is 15.6. The van der Waals surface area contributed by atoms with E-state index in [4.69, 9.17) is 14.2 Å². The van der Waals surface area contributed by atoms with E-state index in [-0.39, 0.29) is 5.56 Å². The maximum absolute atomic E-state index is 12.8. The van der Waals surface area contributed by atoms with Gasteiger partial charge in [-0.3, -0.25) is 4.79 Å². The molecule has 3 heterocycles. The molecule has 11 nitrogen and oxygen atoms in total. The maximum Gasteiger partial charge on any atom is 0.288 e. The van der Waals surface area contributed by atoms with Crippen molar-refractivity contribution in [2.75, 3.05) is 26.6 Å². The van der Waals surface area contributed by atoms with Crippen LogP contribution in [0.5, 0.6) is 17.2 Å². The predicted molar refractivity (Wildman–Crippen MR) is 115 cm³/mol. The molecular formula is C21H19N7O4. The average molecular weight is 433 g/mol. The van der Waals surface area contributed by atoms with Crippen LogP contribution in [0.15, 0.2) is 47.3 Å². The van der Waals surface area contributed by atoms with Crippen molar-refractivity contribution in [1.82, 2.24) is 30.4 Å². The van der Waals surface area contributed by atoms with E-state index in [2.05, 4.69) is 31.0 Å². The number of tetrazole rings is 1. The number of rotatable bonds is 5. The van der Waals surface area contributed by atoms with Crippen LogP contribution in [-0.2, 0) is 0 Å². The number of aromatic nitrogens is 6. The number of benzene rings is 2. The fourth-order valence-corrected chi connectivity index (χ4v) is 3.84. The molecular weight excluding hydrogens is 414 g/mol. The van der Waals surface area contributed by atoms with Gasteiger partial charge in [0.1, 0.15) is 17.5 Å². The number of H-pyrrole nitrogens is 1. The highest BCUT2D eigenvalue weighted by Gasteiger charge is 2.34. The minimum absolute atomic E-state index is 0.327. The van der Waals surface area contributed by atoms with Gasteiger partial charge in [0.05, 0.1) is 27.0 Å². The number of hydrogen-bond donors (Lipinski definition) is 2. The minimum Gasteiger partial charge on any atom is -0.497 e. The smallest absolute Gasteiger partial charge is 0.288 e. The van der Waals surface area contributed by atoms with Crippen LogP contribution in [0.2, 0.25) is 0 Å². The van der Waals surface area contributed by atoms with E-state index in [1.54, 1.807) is 32.1 Å². The first-order valence-electron chi connectivity index (χ1n) is 9.68. The summed E-state index contributed by atoms with van der Waals surface area (Å²) in [6.07, 6.45) is 0. The Balaban J connectivity index is 1.77. The monoisotopic (exact) mass is 433 g/mol. The summed E-state index contributed by atoms with van der Waals surface area (Å²) in [5, 5.41) is 21.9. The van der Waals surface area contributed by atoms with Crippen LogP contribution in [-0.4, -0.2) is 51.7 Å². The number of anilines is 2. The Morgan fingerprint density at radius 2 is 1.75 bits per heavy atom. The van der Waals surface area contributed by atoms with Gasteiger partial charge in [0, 0.05) is 11.1 Å². The maximum atomic E-state index is 12.8. The molecule has 0 unspecified atom stereocenters. The molecule has 1 aliphatic heterocycles. The molecule has 162 valence electrons. The summed E-state index contributed by atoms with van der Waals surface area (Å²) in [5.41, 5.74) is 2.75. The average Bonchev–Trinajstić information content (AvgIpc) is 3.31. The van der Waals surface area contributed by atoms with Gasteiger partial charge in [-0.2, -0.15) is 9.78 Å². The first-order valence-corrected chi connectivity index (χ1v) is 9.68. The summed E-state index contributed by atoms with van der Waals surface area (Å²) in [5.74, 6) is 2.18. The summed E-state index contributed by atoms with van der Waals surface area (Å²) in [4.78, 5) is 12.8. The van der Waals surface area contributed by atoms with Crippen molar-refractivity contribution < 1.29 is 14.2 Å². The minimum atomic E-state index is -0.539. The SMILES string of the molecule is COc1ccc(-c2n[nH]c(=O)c3c2[C@@H](c2ccc(OC)c(OC)c2)n2nnnc2N3)cc1. The summed E-state index contributed by atoms with van der Waals surface area (Å²) >= 11 is 0. The Hall–Kier alpha value is -4.41.